The molecule has 1 aliphatic carbocycles. The van der Waals surface area contributed by atoms with Crippen molar-refractivity contribution in [1.29, 1.82) is 0 Å². The number of benzene rings is 3. The van der Waals surface area contributed by atoms with Crippen LogP contribution in [0.15, 0.2) is 121 Å². The maximum atomic E-state index is 14.2. The Morgan fingerprint density at radius 2 is 1.82 bits per heavy atom. The number of hydrogen-bond acceptors (Lipinski definition) is 4. The topological polar surface area (TPSA) is 30.5 Å². The SMILES string of the molecule is C=C(CNC)CNC1CN(C(=C)C2=CCC=C(F)C=C2)c2cc(C)ccc2N(Cc2c(CCC(F)(F)P)ccc3cc(CC)ccc23)C1=C. The lowest BCUT2D eigenvalue weighted by Gasteiger charge is -2.32. The van der Waals surface area contributed by atoms with Crippen LogP contribution in [0.3, 0.4) is 0 Å². The number of nitrogens with zero attached hydrogens (tertiary/aromatic N) is 2. The molecule has 258 valence electrons. The van der Waals surface area contributed by atoms with Gasteiger partial charge in [-0.3, -0.25) is 0 Å². The Balaban J connectivity index is 1.65. The molecule has 0 spiro atoms. The van der Waals surface area contributed by atoms with Gasteiger partial charge in [-0.05, 0) is 102 Å². The summed E-state index contributed by atoms with van der Waals surface area (Å²) < 4.78 is 42.6. The summed E-state index contributed by atoms with van der Waals surface area (Å²) in [7, 11) is 3.58. The highest BCUT2D eigenvalue weighted by molar-refractivity contribution is 7.18. The molecule has 2 atom stereocenters. The highest BCUT2D eigenvalue weighted by Gasteiger charge is 2.32. The third kappa shape index (κ3) is 8.83. The Labute approximate surface area is 292 Å². The van der Waals surface area contributed by atoms with E-state index in [0.29, 0.717) is 32.6 Å². The molecule has 5 rings (SSSR count). The second-order valence-electron chi connectivity index (χ2n) is 13.0. The highest BCUT2D eigenvalue weighted by Crippen LogP contribution is 2.42. The molecule has 1 heterocycles. The normalized spacial score (nSPS) is 16.6. The van der Waals surface area contributed by atoms with E-state index in [-0.39, 0.29) is 24.7 Å². The first kappa shape index (κ1) is 36.4. The van der Waals surface area contributed by atoms with Gasteiger partial charge < -0.3 is 20.4 Å². The molecule has 0 amide bonds. The lowest BCUT2D eigenvalue weighted by molar-refractivity contribution is 0.0947. The van der Waals surface area contributed by atoms with E-state index in [1.54, 1.807) is 21.4 Å². The molecule has 8 heteroatoms. The molecule has 2 unspecified atom stereocenters. The summed E-state index contributed by atoms with van der Waals surface area (Å²) in [5.41, 5.74) is 6.66. The fraction of sp³-hybridized carbons (Fsp3) is 0.317. The summed E-state index contributed by atoms with van der Waals surface area (Å²) in [5.74, 6) is -0.273. The minimum atomic E-state index is -2.86. The summed E-state index contributed by atoms with van der Waals surface area (Å²) >= 11 is 0. The number of nitrogens with one attached hydrogen (secondary N) is 2. The van der Waals surface area contributed by atoms with Gasteiger partial charge in [0.2, 0.25) is 0 Å². The van der Waals surface area contributed by atoms with E-state index >= 15 is 0 Å². The summed E-state index contributed by atoms with van der Waals surface area (Å²) in [6.07, 6.45) is 8.13. The van der Waals surface area contributed by atoms with Gasteiger partial charge in [0.25, 0.3) is 5.66 Å². The summed E-state index contributed by atoms with van der Waals surface area (Å²) in [4.78, 5) is 4.42. The first-order valence-electron chi connectivity index (χ1n) is 16.9. The maximum Gasteiger partial charge on any atom is 0.259 e. The Morgan fingerprint density at radius 1 is 1.02 bits per heavy atom. The standard InChI is InChI=1S/C41H48F3N4P/c1-7-31-12-17-36-34(22-31)14-13-33(19-20-41(43,44)49)37(36)25-47-30(5)38(46-24-28(3)23-45-6)26-48(40-21-27(2)11-18-39(40)47)29(4)32-9-8-10-35(42)16-15-32/h9-18,21-22,38,45-46H,3-5,7-8,19-20,23-26,49H2,1-2,6H3. The van der Waals surface area contributed by atoms with Crippen LogP contribution in [-0.4, -0.2) is 38.4 Å². The lowest BCUT2D eigenvalue weighted by Crippen LogP contribution is -2.44. The van der Waals surface area contributed by atoms with E-state index in [1.165, 1.54) is 11.6 Å². The molecule has 49 heavy (non-hydrogen) atoms. The molecule has 4 nitrogen and oxygen atoms in total. The zero-order valence-electron chi connectivity index (χ0n) is 28.9. The van der Waals surface area contributed by atoms with Crippen LogP contribution in [0.25, 0.3) is 10.8 Å². The van der Waals surface area contributed by atoms with Crippen molar-refractivity contribution in [1.82, 2.24) is 10.6 Å². The van der Waals surface area contributed by atoms with Crippen LogP contribution in [0.5, 0.6) is 0 Å². The van der Waals surface area contributed by atoms with E-state index in [2.05, 4.69) is 96.5 Å². The first-order valence-corrected chi connectivity index (χ1v) is 17.5. The van der Waals surface area contributed by atoms with Gasteiger partial charge in [-0.2, -0.15) is 0 Å². The minimum Gasteiger partial charge on any atom is -0.338 e. The molecule has 0 bridgehead atoms. The van der Waals surface area contributed by atoms with Gasteiger partial charge in [0, 0.05) is 44.0 Å². The van der Waals surface area contributed by atoms with Gasteiger partial charge in [0.1, 0.15) is 5.83 Å². The second kappa shape index (κ2) is 15.8. The third-order valence-corrected chi connectivity index (χ3v) is 9.62. The average molecular weight is 685 g/mol. The average Bonchev–Trinajstić information content (AvgIpc) is 3.35. The highest BCUT2D eigenvalue weighted by atomic mass is 31.0. The Hall–Kier alpha value is -3.90. The molecule has 2 aliphatic rings. The van der Waals surface area contributed by atoms with Gasteiger partial charge in [-0.15, -0.1) is 0 Å². The predicted octanol–water partition coefficient (Wildman–Crippen LogP) is 9.44. The van der Waals surface area contributed by atoms with Crippen LogP contribution < -0.4 is 20.4 Å². The molecule has 0 saturated carbocycles. The monoisotopic (exact) mass is 684 g/mol. The third-order valence-electron chi connectivity index (χ3n) is 9.33. The largest absolute Gasteiger partial charge is 0.338 e. The van der Waals surface area contributed by atoms with Gasteiger partial charge in [0.05, 0.1) is 17.4 Å². The number of allylic oxidation sites excluding steroid dienone is 5. The summed E-state index contributed by atoms with van der Waals surface area (Å²) in [6, 6.07) is 16.6. The number of hydrogen-bond donors (Lipinski definition) is 2. The lowest BCUT2D eigenvalue weighted by atomic mass is 9.93. The van der Waals surface area contributed by atoms with Crippen molar-refractivity contribution in [2.75, 3.05) is 36.5 Å². The number of anilines is 2. The van der Waals surface area contributed by atoms with E-state index < -0.39 is 5.66 Å². The maximum absolute atomic E-state index is 14.2. The Morgan fingerprint density at radius 3 is 2.55 bits per heavy atom. The van der Waals surface area contributed by atoms with Crippen LogP contribution in [-0.2, 0) is 19.4 Å². The molecule has 0 fully saturated rings. The number of fused-ring (bicyclic) bond motifs is 2. The first-order chi connectivity index (χ1) is 23.4. The van der Waals surface area contributed by atoms with E-state index in [0.717, 1.165) is 67.8 Å². The van der Waals surface area contributed by atoms with Crippen molar-refractivity contribution in [3.8, 4) is 0 Å². The van der Waals surface area contributed by atoms with Crippen molar-refractivity contribution in [3.63, 3.8) is 0 Å². The van der Waals surface area contributed by atoms with Crippen molar-refractivity contribution in [2.45, 2.75) is 57.8 Å². The zero-order chi connectivity index (χ0) is 35.3. The molecule has 0 radical (unpaired) electrons. The van der Waals surface area contributed by atoms with Gasteiger partial charge in [0.15, 0.2) is 0 Å². The summed E-state index contributed by atoms with van der Waals surface area (Å²) in [5, 5.41) is 9.01. The van der Waals surface area contributed by atoms with Crippen molar-refractivity contribution < 1.29 is 13.2 Å². The van der Waals surface area contributed by atoms with Crippen molar-refractivity contribution in [3.05, 3.63) is 143 Å². The molecule has 0 aromatic heterocycles. The fourth-order valence-electron chi connectivity index (χ4n) is 6.57. The van der Waals surface area contributed by atoms with Crippen LogP contribution in [0.4, 0.5) is 24.5 Å². The number of aryl methyl sites for hydroxylation is 3. The number of halogens is 3. The molecule has 3 aromatic rings. The van der Waals surface area contributed by atoms with Crippen LogP contribution in [0.2, 0.25) is 0 Å². The van der Waals surface area contributed by atoms with Crippen LogP contribution >= 0.6 is 9.24 Å². The number of rotatable bonds is 13. The molecule has 2 N–H and O–H groups in total. The zero-order valence-corrected chi connectivity index (χ0v) is 30.0. The molecular weight excluding hydrogens is 636 g/mol. The quantitative estimate of drug-likeness (QED) is 0.139. The molecule has 1 aliphatic heterocycles. The second-order valence-corrected chi connectivity index (χ2v) is 13.9. The molecule has 0 saturated heterocycles. The predicted molar refractivity (Wildman–Crippen MR) is 205 cm³/mol. The Bertz CT molecular complexity index is 1830. The fourth-order valence-corrected chi connectivity index (χ4v) is 6.72. The van der Waals surface area contributed by atoms with Crippen LogP contribution in [0, 0.1) is 6.92 Å². The van der Waals surface area contributed by atoms with E-state index in [4.69, 9.17) is 0 Å². The Kier molecular flexibility index (Phi) is 11.7. The molecular formula is C41H48F3N4P. The smallest absolute Gasteiger partial charge is 0.259 e. The number of likely N-dealkylation sites (N-methyl/N-ethyl adjacent to an activating group) is 1. The van der Waals surface area contributed by atoms with Crippen molar-refractivity contribution in [2.24, 2.45) is 0 Å². The van der Waals surface area contributed by atoms with Gasteiger partial charge in [-0.1, -0.05) is 84.5 Å². The van der Waals surface area contributed by atoms with Gasteiger partial charge in [-0.25, -0.2) is 13.2 Å². The van der Waals surface area contributed by atoms with Gasteiger partial charge >= 0.3 is 0 Å². The molecule has 3 aromatic carbocycles. The summed E-state index contributed by atoms with van der Waals surface area (Å²) in [6.45, 7) is 19.8. The van der Waals surface area contributed by atoms with Crippen molar-refractivity contribution >= 4 is 31.4 Å². The van der Waals surface area contributed by atoms with E-state index in [1.807, 2.05) is 19.2 Å². The van der Waals surface area contributed by atoms with E-state index in [9.17, 15) is 13.2 Å². The number of alkyl halides is 2. The minimum absolute atomic E-state index is 0.232. The van der Waals surface area contributed by atoms with Crippen LogP contribution in [0.1, 0.15) is 42.0 Å².